The molecule has 166 valence electrons. The maximum absolute atomic E-state index is 12.4. The summed E-state index contributed by atoms with van der Waals surface area (Å²) in [5.41, 5.74) is 1.47. The van der Waals surface area contributed by atoms with E-state index in [0.29, 0.717) is 29.9 Å². The standard InChI is InChI=1S/C24H29NO6/c1-4-30-24(28)20(15-18-9-6-5-7-10-18)25-23(27)11-8-14-31-21-13-12-19(17(2)26)16-22(21)29-3/h5-7,9-10,12-13,16,20H,4,8,11,14-15H2,1-3H3,(H,25,27)/t20-/m1/s1. The Morgan fingerprint density at radius 2 is 1.77 bits per heavy atom. The fraction of sp³-hybridized carbons (Fsp3) is 0.375. The highest BCUT2D eigenvalue weighted by molar-refractivity contribution is 5.94. The predicted molar refractivity (Wildman–Crippen MR) is 116 cm³/mol. The first kappa shape index (κ1) is 23.9. The molecular formula is C24H29NO6. The zero-order valence-electron chi connectivity index (χ0n) is 18.2. The number of hydrogen-bond donors (Lipinski definition) is 1. The number of esters is 1. The smallest absolute Gasteiger partial charge is 0.328 e. The molecule has 1 N–H and O–H groups in total. The summed E-state index contributed by atoms with van der Waals surface area (Å²) in [4.78, 5) is 36.1. The summed E-state index contributed by atoms with van der Waals surface area (Å²) in [6.07, 6.45) is 1.00. The molecule has 2 aromatic carbocycles. The first-order valence-electron chi connectivity index (χ1n) is 10.3. The average Bonchev–Trinajstić information content (AvgIpc) is 2.77. The number of methoxy groups -OCH3 is 1. The Kier molecular flexibility index (Phi) is 9.55. The van der Waals surface area contributed by atoms with Crippen LogP contribution in [0.1, 0.15) is 42.6 Å². The Labute approximate surface area is 182 Å². The van der Waals surface area contributed by atoms with Gasteiger partial charge in [-0.25, -0.2) is 4.79 Å². The topological polar surface area (TPSA) is 90.9 Å². The molecule has 7 heteroatoms. The minimum Gasteiger partial charge on any atom is -0.493 e. The van der Waals surface area contributed by atoms with Crippen molar-refractivity contribution in [3.63, 3.8) is 0 Å². The lowest BCUT2D eigenvalue weighted by Crippen LogP contribution is -2.43. The molecule has 0 unspecified atom stereocenters. The van der Waals surface area contributed by atoms with Gasteiger partial charge in [0.25, 0.3) is 0 Å². The fourth-order valence-electron chi connectivity index (χ4n) is 2.97. The molecule has 0 saturated heterocycles. The van der Waals surface area contributed by atoms with E-state index in [4.69, 9.17) is 14.2 Å². The van der Waals surface area contributed by atoms with Gasteiger partial charge in [-0.2, -0.15) is 0 Å². The molecule has 1 atom stereocenters. The second-order valence-corrected chi connectivity index (χ2v) is 6.94. The largest absolute Gasteiger partial charge is 0.493 e. The highest BCUT2D eigenvalue weighted by Crippen LogP contribution is 2.28. The van der Waals surface area contributed by atoms with Crippen LogP contribution in [0.5, 0.6) is 11.5 Å². The van der Waals surface area contributed by atoms with Gasteiger partial charge in [0.1, 0.15) is 6.04 Å². The van der Waals surface area contributed by atoms with Crippen molar-refractivity contribution in [3.05, 3.63) is 59.7 Å². The van der Waals surface area contributed by atoms with E-state index < -0.39 is 12.0 Å². The first-order valence-corrected chi connectivity index (χ1v) is 10.3. The number of amides is 1. The van der Waals surface area contributed by atoms with Crippen molar-refractivity contribution in [3.8, 4) is 11.5 Å². The Morgan fingerprint density at radius 3 is 2.42 bits per heavy atom. The van der Waals surface area contributed by atoms with Gasteiger partial charge in [-0.15, -0.1) is 0 Å². The van der Waals surface area contributed by atoms with Gasteiger partial charge < -0.3 is 19.5 Å². The van der Waals surface area contributed by atoms with Crippen molar-refractivity contribution < 1.29 is 28.6 Å². The van der Waals surface area contributed by atoms with Gasteiger partial charge in [0, 0.05) is 18.4 Å². The molecule has 0 aliphatic rings. The summed E-state index contributed by atoms with van der Waals surface area (Å²) in [5, 5.41) is 2.76. The van der Waals surface area contributed by atoms with E-state index in [-0.39, 0.29) is 31.3 Å². The van der Waals surface area contributed by atoms with Gasteiger partial charge in [-0.05, 0) is 44.0 Å². The molecule has 0 spiro atoms. The zero-order valence-corrected chi connectivity index (χ0v) is 18.2. The van der Waals surface area contributed by atoms with Crippen LogP contribution in [0.3, 0.4) is 0 Å². The van der Waals surface area contributed by atoms with Gasteiger partial charge in [0.15, 0.2) is 17.3 Å². The summed E-state index contributed by atoms with van der Waals surface area (Å²) in [5.74, 6) is 0.194. The number of hydrogen-bond acceptors (Lipinski definition) is 6. The van der Waals surface area contributed by atoms with Crippen LogP contribution in [-0.4, -0.2) is 44.0 Å². The minimum atomic E-state index is -0.741. The van der Waals surface area contributed by atoms with E-state index >= 15 is 0 Å². The van der Waals surface area contributed by atoms with Crippen LogP contribution in [0.4, 0.5) is 0 Å². The lowest BCUT2D eigenvalue weighted by Gasteiger charge is -2.17. The van der Waals surface area contributed by atoms with E-state index in [1.807, 2.05) is 30.3 Å². The van der Waals surface area contributed by atoms with Crippen LogP contribution in [0.2, 0.25) is 0 Å². The summed E-state index contributed by atoms with van der Waals surface area (Å²) < 4.78 is 16.1. The second-order valence-electron chi connectivity index (χ2n) is 6.94. The molecule has 0 aliphatic carbocycles. The van der Waals surface area contributed by atoms with Crippen LogP contribution >= 0.6 is 0 Å². The molecular weight excluding hydrogens is 398 g/mol. The predicted octanol–water partition coefficient (Wildman–Crippen LogP) is 3.35. The van der Waals surface area contributed by atoms with Gasteiger partial charge in [0.2, 0.25) is 5.91 Å². The van der Waals surface area contributed by atoms with E-state index in [1.165, 1.54) is 14.0 Å². The third-order valence-corrected chi connectivity index (χ3v) is 4.56. The van der Waals surface area contributed by atoms with Crippen molar-refractivity contribution in [2.45, 2.75) is 39.2 Å². The Hall–Kier alpha value is -3.35. The first-order chi connectivity index (χ1) is 14.9. The lowest BCUT2D eigenvalue weighted by atomic mass is 10.1. The molecule has 0 saturated carbocycles. The van der Waals surface area contributed by atoms with Crippen molar-refractivity contribution >= 4 is 17.7 Å². The maximum atomic E-state index is 12.4. The monoisotopic (exact) mass is 427 g/mol. The molecule has 0 aromatic heterocycles. The number of Topliss-reactive ketones (excluding diaryl/α,β-unsaturated/α-hetero) is 1. The van der Waals surface area contributed by atoms with Crippen LogP contribution < -0.4 is 14.8 Å². The molecule has 2 aromatic rings. The van der Waals surface area contributed by atoms with Crippen LogP contribution in [0, 0.1) is 0 Å². The lowest BCUT2D eigenvalue weighted by molar-refractivity contribution is -0.147. The van der Waals surface area contributed by atoms with Crippen LogP contribution in [-0.2, 0) is 20.7 Å². The van der Waals surface area contributed by atoms with Crippen molar-refractivity contribution in [1.29, 1.82) is 0 Å². The molecule has 0 bridgehead atoms. The van der Waals surface area contributed by atoms with Crippen LogP contribution in [0.15, 0.2) is 48.5 Å². The number of carbonyl (C=O) groups is 3. The molecule has 0 fully saturated rings. The Balaban J connectivity index is 1.86. The Morgan fingerprint density at radius 1 is 1.03 bits per heavy atom. The maximum Gasteiger partial charge on any atom is 0.328 e. The molecule has 1 amide bonds. The second kappa shape index (κ2) is 12.4. The molecule has 31 heavy (non-hydrogen) atoms. The van der Waals surface area contributed by atoms with E-state index in [1.54, 1.807) is 25.1 Å². The molecule has 7 nitrogen and oxygen atoms in total. The van der Waals surface area contributed by atoms with Gasteiger partial charge in [-0.1, -0.05) is 30.3 Å². The Bertz CT molecular complexity index is 881. The minimum absolute atomic E-state index is 0.0619. The van der Waals surface area contributed by atoms with Crippen molar-refractivity contribution in [2.24, 2.45) is 0 Å². The van der Waals surface area contributed by atoms with E-state index in [9.17, 15) is 14.4 Å². The summed E-state index contributed by atoms with van der Waals surface area (Å²) in [6, 6.07) is 13.7. The summed E-state index contributed by atoms with van der Waals surface area (Å²) in [6.45, 7) is 3.74. The molecule has 0 radical (unpaired) electrons. The molecule has 0 heterocycles. The van der Waals surface area contributed by atoms with E-state index in [0.717, 1.165) is 5.56 Å². The normalized spacial score (nSPS) is 11.3. The number of ketones is 1. The number of rotatable bonds is 12. The number of ether oxygens (including phenoxy) is 3. The average molecular weight is 427 g/mol. The van der Waals surface area contributed by atoms with Gasteiger partial charge in [0.05, 0.1) is 20.3 Å². The zero-order chi connectivity index (χ0) is 22.6. The quantitative estimate of drug-likeness (QED) is 0.317. The van der Waals surface area contributed by atoms with Crippen molar-refractivity contribution in [2.75, 3.05) is 20.3 Å². The third-order valence-electron chi connectivity index (χ3n) is 4.56. The van der Waals surface area contributed by atoms with Crippen LogP contribution in [0.25, 0.3) is 0 Å². The SMILES string of the molecule is CCOC(=O)[C@@H](Cc1ccccc1)NC(=O)CCCOc1ccc(C(C)=O)cc1OC. The number of benzene rings is 2. The molecule has 0 aliphatic heterocycles. The fourth-order valence-corrected chi connectivity index (χ4v) is 2.97. The van der Waals surface area contributed by atoms with Gasteiger partial charge >= 0.3 is 5.97 Å². The summed E-state index contributed by atoms with van der Waals surface area (Å²) >= 11 is 0. The molecule has 2 rings (SSSR count). The third kappa shape index (κ3) is 7.77. The van der Waals surface area contributed by atoms with Crippen molar-refractivity contribution in [1.82, 2.24) is 5.32 Å². The summed E-state index contributed by atoms with van der Waals surface area (Å²) in [7, 11) is 1.50. The number of carbonyl (C=O) groups excluding carboxylic acids is 3. The highest BCUT2D eigenvalue weighted by Gasteiger charge is 2.22. The highest BCUT2D eigenvalue weighted by atomic mass is 16.5. The van der Waals surface area contributed by atoms with E-state index in [2.05, 4.69) is 5.32 Å². The van der Waals surface area contributed by atoms with Gasteiger partial charge in [-0.3, -0.25) is 9.59 Å². The number of nitrogens with one attached hydrogen (secondary N) is 1.